The molecule has 0 saturated carbocycles. The van der Waals surface area contributed by atoms with Gasteiger partial charge in [-0.2, -0.15) is 0 Å². The van der Waals surface area contributed by atoms with E-state index in [0.717, 1.165) is 22.4 Å². The Morgan fingerprint density at radius 2 is 1.65 bits per heavy atom. The highest BCUT2D eigenvalue weighted by atomic mass is 16.5. The molecule has 0 radical (unpaired) electrons. The third kappa shape index (κ3) is 8.08. The molecule has 4 aromatic rings. The van der Waals surface area contributed by atoms with Crippen LogP contribution in [0.4, 0.5) is 0 Å². The molecule has 0 fully saturated rings. The Morgan fingerprint density at radius 1 is 0.930 bits per heavy atom. The third-order valence-corrected chi connectivity index (χ3v) is 6.74. The number of oxazole rings is 1. The van der Waals surface area contributed by atoms with Gasteiger partial charge in [0.05, 0.1) is 24.0 Å². The van der Waals surface area contributed by atoms with E-state index in [1.165, 1.54) is 0 Å². The SMILES string of the molecule is Cc1oc(-c2ccc(-c3cccc(C(=O)O)c3)cc2)nc1CCOc1ccc(CCC(=O)O)c(C(N)C(=O)OC(C)C)c1. The van der Waals surface area contributed by atoms with Crippen LogP contribution in [0.1, 0.15) is 59.2 Å². The van der Waals surface area contributed by atoms with Crippen molar-refractivity contribution in [3.8, 4) is 28.3 Å². The number of hydrogen-bond acceptors (Lipinski definition) is 8. The van der Waals surface area contributed by atoms with Gasteiger partial charge in [-0.05, 0) is 85.8 Å². The van der Waals surface area contributed by atoms with Crippen LogP contribution in [0.3, 0.4) is 0 Å². The standard InChI is InChI=1S/C33H34N2O8/c1-19(2)42-33(40)30(34)27-18-26(13-11-22(27)12-14-29(36)37)41-16-15-28-20(3)43-31(35-28)23-9-7-21(8-10-23)24-5-4-6-25(17-24)32(38)39/h4-11,13,17-19,30H,12,14-16,34H2,1-3H3,(H,36,37)(H,38,39). The van der Waals surface area contributed by atoms with Crippen molar-refractivity contribution in [3.63, 3.8) is 0 Å². The van der Waals surface area contributed by atoms with Gasteiger partial charge in [0, 0.05) is 18.4 Å². The minimum atomic E-state index is -1.08. The van der Waals surface area contributed by atoms with E-state index in [1.54, 1.807) is 50.2 Å². The molecule has 224 valence electrons. The van der Waals surface area contributed by atoms with Crippen molar-refractivity contribution >= 4 is 17.9 Å². The van der Waals surface area contributed by atoms with Gasteiger partial charge in [0.2, 0.25) is 5.89 Å². The number of aryl methyl sites for hydroxylation is 2. The predicted octanol–water partition coefficient (Wildman–Crippen LogP) is 5.61. The highest BCUT2D eigenvalue weighted by molar-refractivity contribution is 5.89. The lowest BCUT2D eigenvalue weighted by atomic mass is 9.97. The number of aliphatic carboxylic acids is 1. The minimum Gasteiger partial charge on any atom is -0.493 e. The number of nitrogens with two attached hydrogens (primary N) is 1. The molecule has 0 aliphatic rings. The summed E-state index contributed by atoms with van der Waals surface area (Å²) in [4.78, 5) is 39.6. The summed E-state index contributed by atoms with van der Waals surface area (Å²) in [6.07, 6.45) is 0.218. The molecule has 0 amide bonds. The van der Waals surface area contributed by atoms with Gasteiger partial charge in [-0.15, -0.1) is 0 Å². The molecule has 10 nitrogen and oxygen atoms in total. The summed E-state index contributed by atoms with van der Waals surface area (Å²) in [5, 5.41) is 18.4. The highest BCUT2D eigenvalue weighted by Crippen LogP contribution is 2.28. The van der Waals surface area contributed by atoms with Crippen molar-refractivity contribution in [1.82, 2.24) is 4.98 Å². The number of carbonyl (C=O) groups excluding carboxylic acids is 1. The van der Waals surface area contributed by atoms with Crippen LogP contribution in [0, 0.1) is 6.92 Å². The molecule has 0 aliphatic heterocycles. The van der Waals surface area contributed by atoms with Gasteiger partial charge < -0.3 is 29.8 Å². The first-order valence-electron chi connectivity index (χ1n) is 13.9. The number of carboxylic acid groups (broad SMARTS) is 2. The summed E-state index contributed by atoms with van der Waals surface area (Å²) in [7, 11) is 0. The Kier molecular flexibility index (Phi) is 9.95. The Morgan fingerprint density at radius 3 is 2.33 bits per heavy atom. The van der Waals surface area contributed by atoms with Crippen molar-refractivity contribution in [2.24, 2.45) is 5.73 Å². The number of ether oxygens (including phenoxy) is 2. The quantitative estimate of drug-likeness (QED) is 0.168. The summed E-state index contributed by atoms with van der Waals surface area (Å²) < 4.78 is 17.1. The van der Waals surface area contributed by atoms with Crippen molar-refractivity contribution < 1.29 is 38.5 Å². The summed E-state index contributed by atoms with van der Waals surface area (Å²) >= 11 is 0. The Bertz CT molecular complexity index is 1610. The van der Waals surface area contributed by atoms with Crippen LogP contribution in [0.15, 0.2) is 71.1 Å². The molecule has 3 aromatic carbocycles. The first-order chi connectivity index (χ1) is 20.5. The molecule has 0 aliphatic carbocycles. The molecular formula is C33H34N2O8. The summed E-state index contributed by atoms with van der Waals surface area (Å²) in [6, 6.07) is 18.3. The number of benzene rings is 3. The fourth-order valence-electron chi connectivity index (χ4n) is 4.54. The summed E-state index contributed by atoms with van der Waals surface area (Å²) in [6.45, 7) is 5.55. The van der Waals surface area contributed by atoms with Gasteiger partial charge in [-0.3, -0.25) is 4.79 Å². The van der Waals surface area contributed by atoms with E-state index < -0.39 is 23.9 Å². The average Bonchev–Trinajstić information content (AvgIpc) is 3.35. The molecule has 0 bridgehead atoms. The Labute approximate surface area is 249 Å². The van der Waals surface area contributed by atoms with Gasteiger partial charge in [-0.25, -0.2) is 14.6 Å². The zero-order valence-electron chi connectivity index (χ0n) is 24.2. The van der Waals surface area contributed by atoms with E-state index in [4.69, 9.17) is 24.7 Å². The lowest BCUT2D eigenvalue weighted by molar-refractivity contribution is -0.149. The van der Waals surface area contributed by atoms with Crippen molar-refractivity contribution in [2.45, 2.75) is 52.2 Å². The first kappa shape index (κ1) is 31.0. The zero-order valence-corrected chi connectivity index (χ0v) is 24.2. The molecule has 1 heterocycles. The smallest absolute Gasteiger partial charge is 0.335 e. The van der Waals surface area contributed by atoms with Gasteiger partial charge >= 0.3 is 17.9 Å². The van der Waals surface area contributed by atoms with Gasteiger partial charge in [0.15, 0.2) is 0 Å². The second-order valence-electron chi connectivity index (χ2n) is 10.3. The topological polar surface area (TPSA) is 162 Å². The van der Waals surface area contributed by atoms with E-state index in [1.807, 2.05) is 37.3 Å². The molecule has 4 N–H and O–H groups in total. The lowest BCUT2D eigenvalue weighted by Gasteiger charge is -2.18. The first-order valence-corrected chi connectivity index (χ1v) is 13.9. The van der Waals surface area contributed by atoms with Crippen molar-refractivity contribution in [3.05, 3.63) is 94.9 Å². The Hall–Kier alpha value is -4.96. The summed E-state index contributed by atoms with van der Waals surface area (Å²) in [5.41, 5.74) is 10.7. The third-order valence-electron chi connectivity index (χ3n) is 6.74. The molecule has 0 saturated heterocycles. The van der Waals surface area contributed by atoms with Crippen LogP contribution in [-0.2, 0) is 27.2 Å². The Balaban J connectivity index is 1.44. The minimum absolute atomic E-state index is 0.104. The fraction of sp³-hybridized carbons (Fsp3) is 0.273. The number of carboxylic acids is 2. The van der Waals surface area contributed by atoms with Crippen molar-refractivity contribution in [2.75, 3.05) is 6.61 Å². The van der Waals surface area contributed by atoms with E-state index in [0.29, 0.717) is 34.9 Å². The fourth-order valence-corrected chi connectivity index (χ4v) is 4.54. The molecule has 1 unspecified atom stereocenters. The molecule has 0 spiro atoms. The maximum atomic E-state index is 12.5. The van der Waals surface area contributed by atoms with Crippen LogP contribution in [0.2, 0.25) is 0 Å². The molecular weight excluding hydrogens is 552 g/mol. The molecule has 1 aromatic heterocycles. The number of hydrogen-bond donors (Lipinski definition) is 3. The molecule has 43 heavy (non-hydrogen) atoms. The number of nitrogens with zero attached hydrogens (tertiary/aromatic N) is 1. The molecule has 10 heteroatoms. The van der Waals surface area contributed by atoms with Gasteiger partial charge in [0.25, 0.3) is 0 Å². The maximum absolute atomic E-state index is 12.5. The van der Waals surface area contributed by atoms with E-state index in [-0.39, 0.29) is 31.1 Å². The van der Waals surface area contributed by atoms with E-state index in [9.17, 15) is 19.5 Å². The van der Waals surface area contributed by atoms with Crippen LogP contribution < -0.4 is 10.5 Å². The normalized spacial score (nSPS) is 11.7. The van der Waals surface area contributed by atoms with E-state index in [2.05, 4.69) is 4.98 Å². The number of rotatable bonds is 13. The monoisotopic (exact) mass is 586 g/mol. The molecule has 1 atom stereocenters. The zero-order chi connectivity index (χ0) is 31.1. The van der Waals surface area contributed by atoms with Crippen LogP contribution in [0.25, 0.3) is 22.6 Å². The van der Waals surface area contributed by atoms with Gasteiger partial charge in [-0.1, -0.05) is 30.3 Å². The van der Waals surface area contributed by atoms with Crippen molar-refractivity contribution in [1.29, 1.82) is 0 Å². The largest absolute Gasteiger partial charge is 0.493 e. The maximum Gasteiger partial charge on any atom is 0.335 e. The molecule has 4 rings (SSSR count). The van der Waals surface area contributed by atoms with Crippen LogP contribution in [-0.4, -0.2) is 45.8 Å². The average molecular weight is 587 g/mol. The predicted molar refractivity (Wildman–Crippen MR) is 159 cm³/mol. The number of esters is 1. The second-order valence-corrected chi connectivity index (χ2v) is 10.3. The number of aromatic carboxylic acids is 1. The number of aromatic nitrogens is 1. The van der Waals surface area contributed by atoms with E-state index >= 15 is 0 Å². The van der Waals surface area contributed by atoms with Gasteiger partial charge in [0.1, 0.15) is 17.6 Å². The number of carbonyl (C=O) groups is 3. The summed E-state index contributed by atoms with van der Waals surface area (Å²) in [5.74, 6) is -0.943. The highest BCUT2D eigenvalue weighted by Gasteiger charge is 2.23. The van der Waals surface area contributed by atoms with Crippen LogP contribution in [0.5, 0.6) is 5.75 Å². The lowest BCUT2D eigenvalue weighted by Crippen LogP contribution is -2.27. The van der Waals surface area contributed by atoms with Crippen LogP contribution >= 0.6 is 0 Å². The second kappa shape index (κ2) is 13.8.